The van der Waals surface area contributed by atoms with Crippen LogP contribution < -0.4 is 10.1 Å². The number of benzene rings is 3. The molecular formula is C31H28N2O4. The van der Waals surface area contributed by atoms with Crippen LogP contribution in [0.5, 0.6) is 5.75 Å². The molecule has 1 aromatic heterocycles. The number of fused-ring (bicyclic) bond motifs is 1. The molecule has 3 aromatic carbocycles. The van der Waals surface area contributed by atoms with Crippen molar-refractivity contribution in [3.63, 3.8) is 0 Å². The Balaban J connectivity index is 1.25. The molecule has 0 bridgehead atoms. The number of rotatable bonds is 7. The first-order chi connectivity index (χ1) is 18.2. The summed E-state index contributed by atoms with van der Waals surface area (Å²) in [6.45, 7) is 0.844. The van der Waals surface area contributed by atoms with Crippen molar-refractivity contribution in [2.45, 2.75) is 38.0 Å². The van der Waals surface area contributed by atoms with Gasteiger partial charge in [-0.25, -0.2) is 0 Å². The number of hydrogen-bond acceptors (Lipinski definition) is 4. The van der Waals surface area contributed by atoms with E-state index in [0.717, 1.165) is 30.4 Å². The number of furan rings is 1. The number of nitrogens with zero attached hydrogens (tertiary/aromatic N) is 1. The van der Waals surface area contributed by atoms with E-state index in [1.54, 1.807) is 12.1 Å². The lowest BCUT2D eigenvalue weighted by molar-refractivity contribution is 0.0694. The molecular weight excluding hydrogens is 464 g/mol. The van der Waals surface area contributed by atoms with E-state index in [0.29, 0.717) is 29.4 Å². The van der Waals surface area contributed by atoms with Gasteiger partial charge in [-0.1, -0.05) is 54.6 Å². The van der Waals surface area contributed by atoms with Gasteiger partial charge in [0.2, 0.25) is 0 Å². The molecule has 6 rings (SSSR count). The zero-order valence-electron chi connectivity index (χ0n) is 20.4. The van der Waals surface area contributed by atoms with E-state index in [4.69, 9.17) is 9.15 Å². The maximum atomic E-state index is 13.6. The third-order valence-corrected chi connectivity index (χ3v) is 6.92. The summed E-state index contributed by atoms with van der Waals surface area (Å²) >= 11 is 0. The largest absolute Gasteiger partial charge is 0.486 e. The van der Waals surface area contributed by atoms with Crippen molar-refractivity contribution in [1.29, 1.82) is 0 Å². The van der Waals surface area contributed by atoms with Crippen LogP contribution in [0.1, 0.15) is 62.2 Å². The molecule has 1 atom stereocenters. The molecule has 2 aliphatic rings. The minimum Gasteiger partial charge on any atom is -0.486 e. The van der Waals surface area contributed by atoms with Gasteiger partial charge in [-0.05, 0) is 72.4 Å². The van der Waals surface area contributed by atoms with Gasteiger partial charge in [0, 0.05) is 18.2 Å². The fourth-order valence-electron chi connectivity index (χ4n) is 4.86. The van der Waals surface area contributed by atoms with Crippen LogP contribution in [0.15, 0.2) is 95.4 Å². The molecule has 6 nitrogen and oxygen atoms in total. The van der Waals surface area contributed by atoms with Crippen molar-refractivity contribution in [2.75, 3.05) is 6.54 Å². The van der Waals surface area contributed by atoms with Gasteiger partial charge in [-0.3, -0.25) is 9.59 Å². The molecule has 2 heterocycles. The summed E-state index contributed by atoms with van der Waals surface area (Å²) in [5, 5.41) is 2.93. The number of carbonyl (C=O) groups is 2. The molecule has 6 heteroatoms. The summed E-state index contributed by atoms with van der Waals surface area (Å²) in [4.78, 5) is 27.7. The average molecular weight is 493 g/mol. The molecule has 0 saturated heterocycles. The van der Waals surface area contributed by atoms with Crippen LogP contribution >= 0.6 is 0 Å². The second kappa shape index (κ2) is 9.97. The minimum absolute atomic E-state index is 0.0130. The molecule has 0 spiro atoms. The quantitative estimate of drug-likeness (QED) is 0.368. The van der Waals surface area contributed by atoms with Gasteiger partial charge in [0.15, 0.2) is 5.76 Å². The first-order valence-electron chi connectivity index (χ1n) is 12.7. The summed E-state index contributed by atoms with van der Waals surface area (Å²) < 4.78 is 11.8. The third kappa shape index (κ3) is 5.00. The topological polar surface area (TPSA) is 71.8 Å². The lowest BCUT2D eigenvalue weighted by Crippen LogP contribution is -2.40. The number of carbonyl (C=O) groups excluding carboxylic acids is 2. The molecule has 0 radical (unpaired) electrons. The number of ether oxygens (including phenoxy) is 1. The Morgan fingerprint density at radius 1 is 0.919 bits per heavy atom. The van der Waals surface area contributed by atoms with Crippen LogP contribution in [0.3, 0.4) is 0 Å². The molecule has 4 aromatic rings. The second-order valence-corrected chi connectivity index (χ2v) is 9.59. The van der Waals surface area contributed by atoms with E-state index in [1.807, 2.05) is 65.6 Å². The molecule has 2 amide bonds. The first kappa shape index (κ1) is 23.1. The van der Waals surface area contributed by atoms with Crippen molar-refractivity contribution >= 4 is 11.8 Å². The normalized spacial score (nSPS) is 16.6. The summed E-state index contributed by atoms with van der Waals surface area (Å²) in [6.07, 6.45) is 2.83. The SMILES string of the molecule is O=C(NC1CC1)c1ccc(COc2ccc3c(c2)[C@H](c2ccccc2)N(C(=O)c2ccccc2)CC3)o1. The van der Waals surface area contributed by atoms with Gasteiger partial charge in [0.1, 0.15) is 18.1 Å². The fraction of sp³-hybridized carbons (Fsp3) is 0.226. The van der Waals surface area contributed by atoms with Crippen LogP contribution in [-0.4, -0.2) is 29.3 Å². The highest BCUT2D eigenvalue weighted by molar-refractivity contribution is 5.95. The van der Waals surface area contributed by atoms with Crippen molar-refractivity contribution < 1.29 is 18.7 Å². The van der Waals surface area contributed by atoms with Crippen LogP contribution in [0.25, 0.3) is 0 Å². The molecule has 1 aliphatic heterocycles. The van der Waals surface area contributed by atoms with E-state index in [9.17, 15) is 9.59 Å². The monoisotopic (exact) mass is 492 g/mol. The van der Waals surface area contributed by atoms with Gasteiger partial charge in [0.25, 0.3) is 11.8 Å². The predicted molar refractivity (Wildman–Crippen MR) is 139 cm³/mol. The Morgan fingerprint density at radius 3 is 2.43 bits per heavy atom. The Morgan fingerprint density at radius 2 is 1.68 bits per heavy atom. The predicted octanol–water partition coefficient (Wildman–Crippen LogP) is 5.54. The lowest BCUT2D eigenvalue weighted by Gasteiger charge is -2.38. The smallest absolute Gasteiger partial charge is 0.287 e. The zero-order chi connectivity index (χ0) is 25.2. The summed E-state index contributed by atoms with van der Waals surface area (Å²) in [5.41, 5.74) is 4.00. The van der Waals surface area contributed by atoms with Gasteiger partial charge >= 0.3 is 0 Å². The van der Waals surface area contributed by atoms with E-state index >= 15 is 0 Å². The molecule has 37 heavy (non-hydrogen) atoms. The van der Waals surface area contributed by atoms with Crippen molar-refractivity contribution in [3.8, 4) is 5.75 Å². The van der Waals surface area contributed by atoms with Crippen LogP contribution in [0.2, 0.25) is 0 Å². The summed E-state index contributed by atoms with van der Waals surface area (Å²) in [5.74, 6) is 1.40. The Kier molecular flexibility index (Phi) is 6.23. The number of nitrogens with one attached hydrogen (secondary N) is 1. The molecule has 1 aliphatic carbocycles. The highest BCUT2D eigenvalue weighted by Crippen LogP contribution is 2.38. The van der Waals surface area contributed by atoms with Gasteiger partial charge in [-0.2, -0.15) is 0 Å². The van der Waals surface area contributed by atoms with E-state index in [1.165, 1.54) is 5.56 Å². The van der Waals surface area contributed by atoms with Gasteiger partial charge in [0.05, 0.1) is 6.04 Å². The van der Waals surface area contributed by atoms with Crippen LogP contribution in [0.4, 0.5) is 0 Å². The Bertz CT molecular complexity index is 1410. The molecule has 1 fully saturated rings. The van der Waals surface area contributed by atoms with E-state index < -0.39 is 0 Å². The summed E-state index contributed by atoms with van der Waals surface area (Å²) in [7, 11) is 0. The molecule has 1 N–H and O–H groups in total. The molecule has 186 valence electrons. The average Bonchev–Trinajstić information content (AvgIpc) is 3.63. The standard InChI is InChI=1S/C31H28N2O4/c34-30(32-24-12-13-24)28-16-15-26(37-28)20-36-25-14-11-21-17-18-33(31(35)23-9-5-2-6-10-23)29(27(21)19-25)22-7-3-1-4-8-22/h1-11,14-16,19,24,29H,12-13,17-18,20H2,(H,32,34)/t29-/m0/s1. The number of hydrogen-bond donors (Lipinski definition) is 1. The zero-order valence-corrected chi connectivity index (χ0v) is 20.4. The maximum Gasteiger partial charge on any atom is 0.287 e. The van der Waals surface area contributed by atoms with E-state index in [2.05, 4.69) is 23.5 Å². The van der Waals surface area contributed by atoms with Gasteiger partial charge < -0.3 is 19.4 Å². The number of amides is 2. The van der Waals surface area contributed by atoms with Gasteiger partial charge in [-0.15, -0.1) is 0 Å². The maximum absolute atomic E-state index is 13.6. The third-order valence-electron chi connectivity index (χ3n) is 6.92. The van der Waals surface area contributed by atoms with Crippen LogP contribution in [-0.2, 0) is 13.0 Å². The van der Waals surface area contributed by atoms with Crippen molar-refractivity contribution in [2.24, 2.45) is 0 Å². The van der Waals surface area contributed by atoms with Crippen molar-refractivity contribution in [3.05, 3.63) is 125 Å². The van der Waals surface area contributed by atoms with E-state index in [-0.39, 0.29) is 30.5 Å². The van der Waals surface area contributed by atoms with Crippen LogP contribution in [0, 0.1) is 0 Å². The highest BCUT2D eigenvalue weighted by Gasteiger charge is 2.33. The highest BCUT2D eigenvalue weighted by atomic mass is 16.5. The molecule has 0 unspecified atom stereocenters. The van der Waals surface area contributed by atoms with Crippen molar-refractivity contribution in [1.82, 2.24) is 10.2 Å². The fourth-order valence-corrected chi connectivity index (χ4v) is 4.86. The lowest BCUT2D eigenvalue weighted by atomic mass is 9.87. The first-order valence-corrected chi connectivity index (χ1v) is 12.7. The Labute approximate surface area is 215 Å². The minimum atomic E-state index is -0.220. The molecule has 1 saturated carbocycles. The summed E-state index contributed by atoms with van der Waals surface area (Å²) in [6, 6.07) is 29.1. The Hall–Kier alpha value is -4.32. The second-order valence-electron chi connectivity index (χ2n) is 9.59.